The summed E-state index contributed by atoms with van der Waals surface area (Å²) in [6.07, 6.45) is 55.9. The number of carbonyl (C=O) groups is 4. The van der Waals surface area contributed by atoms with Gasteiger partial charge in [0.2, 0.25) is 0 Å². The van der Waals surface area contributed by atoms with E-state index in [0.29, 0.717) is 25.7 Å². The average molecular weight is 1420 g/mol. The molecule has 97 heavy (non-hydrogen) atoms. The van der Waals surface area contributed by atoms with Crippen LogP contribution in [0.4, 0.5) is 0 Å². The van der Waals surface area contributed by atoms with Crippen molar-refractivity contribution >= 4 is 39.5 Å². The number of hydrogen-bond acceptors (Lipinski definition) is 15. The van der Waals surface area contributed by atoms with E-state index in [4.69, 9.17) is 37.0 Å². The van der Waals surface area contributed by atoms with Crippen molar-refractivity contribution in [2.75, 3.05) is 39.6 Å². The zero-order valence-electron chi connectivity index (χ0n) is 63.5. The number of phosphoric acid groups is 2. The highest BCUT2D eigenvalue weighted by atomic mass is 31.2. The highest BCUT2D eigenvalue weighted by molar-refractivity contribution is 7.47. The van der Waals surface area contributed by atoms with Crippen LogP contribution in [0.5, 0.6) is 0 Å². The fraction of sp³-hybridized carbons (Fsp3) is 0.949. The standard InChI is InChI=1S/C78H152O17P2/c1-8-12-13-42-52-59-75(80)88-65-73(94-78(83)62-55-48-41-35-34-38-45-51-58-71(7)11-4)67-92-96(84,85)90-63-72(79)64-91-97(86,87)93-68-74(66-89-76(81)60-53-46-39-32-28-24-21-20-23-27-31-37-44-50-57-70(6)10-3)95-77(82)61-54-47-40-33-29-25-19-17-15-14-16-18-22-26-30-36-43-49-56-69(5)9-2/h69-74,79H,8-68H2,1-7H3,(H,84,85)(H,86,87)/t69?,70?,71?,72-,73+,74+/m0/s1. The van der Waals surface area contributed by atoms with Crippen LogP contribution in [-0.4, -0.2) is 96.7 Å². The smallest absolute Gasteiger partial charge is 0.462 e. The maximum Gasteiger partial charge on any atom is 0.472 e. The molecule has 576 valence electrons. The molecule has 5 unspecified atom stereocenters. The molecule has 0 aliphatic heterocycles. The number of unbranched alkanes of at least 4 members (excludes halogenated alkanes) is 41. The number of esters is 4. The van der Waals surface area contributed by atoms with Crippen molar-refractivity contribution in [2.45, 2.75) is 420 Å². The number of phosphoric ester groups is 2. The molecule has 0 amide bonds. The van der Waals surface area contributed by atoms with Crippen molar-refractivity contribution in [3.05, 3.63) is 0 Å². The number of rotatable bonds is 76. The van der Waals surface area contributed by atoms with Crippen LogP contribution >= 0.6 is 15.6 Å². The van der Waals surface area contributed by atoms with Gasteiger partial charge in [-0.1, -0.05) is 350 Å². The molecule has 8 atom stereocenters. The van der Waals surface area contributed by atoms with Crippen molar-refractivity contribution in [1.29, 1.82) is 0 Å². The van der Waals surface area contributed by atoms with E-state index in [-0.39, 0.29) is 25.7 Å². The molecule has 0 aliphatic rings. The zero-order valence-corrected chi connectivity index (χ0v) is 65.3. The molecule has 0 saturated carbocycles. The molecule has 17 nitrogen and oxygen atoms in total. The molecule has 0 aromatic heterocycles. The lowest BCUT2D eigenvalue weighted by Gasteiger charge is -2.21. The third-order valence-electron chi connectivity index (χ3n) is 19.2. The molecule has 3 N–H and O–H groups in total. The predicted molar refractivity (Wildman–Crippen MR) is 395 cm³/mol. The van der Waals surface area contributed by atoms with Crippen LogP contribution in [0.3, 0.4) is 0 Å². The molecule has 0 bridgehead atoms. The van der Waals surface area contributed by atoms with Gasteiger partial charge in [0, 0.05) is 25.7 Å². The zero-order chi connectivity index (χ0) is 71.6. The van der Waals surface area contributed by atoms with Gasteiger partial charge in [-0.25, -0.2) is 9.13 Å². The molecule has 19 heteroatoms. The molecule has 0 rings (SSSR count). The van der Waals surface area contributed by atoms with E-state index in [0.717, 1.165) is 114 Å². The first-order valence-corrected chi connectivity index (χ1v) is 43.5. The lowest BCUT2D eigenvalue weighted by Crippen LogP contribution is -2.30. The van der Waals surface area contributed by atoms with Crippen molar-refractivity contribution in [2.24, 2.45) is 17.8 Å². The number of aliphatic hydroxyl groups is 1. The third kappa shape index (κ3) is 68.3. The minimum Gasteiger partial charge on any atom is -0.462 e. The molecule has 0 spiro atoms. The Balaban J connectivity index is 5.13. The van der Waals surface area contributed by atoms with Crippen LogP contribution in [0.25, 0.3) is 0 Å². The Hall–Kier alpha value is -1.94. The van der Waals surface area contributed by atoms with Crippen LogP contribution in [0.15, 0.2) is 0 Å². The molecule has 0 radical (unpaired) electrons. The van der Waals surface area contributed by atoms with E-state index in [9.17, 15) is 43.2 Å². The maximum absolute atomic E-state index is 13.1. The Morgan fingerprint density at radius 3 is 0.732 bits per heavy atom. The van der Waals surface area contributed by atoms with Gasteiger partial charge in [-0.15, -0.1) is 0 Å². The second kappa shape index (κ2) is 68.5. The van der Waals surface area contributed by atoms with Gasteiger partial charge in [0.05, 0.1) is 26.4 Å². The summed E-state index contributed by atoms with van der Waals surface area (Å²) >= 11 is 0. The van der Waals surface area contributed by atoms with Gasteiger partial charge in [0.1, 0.15) is 19.3 Å². The monoisotopic (exact) mass is 1420 g/mol. The summed E-state index contributed by atoms with van der Waals surface area (Å²) in [5.74, 6) is 0.362. The maximum atomic E-state index is 13.1. The Kier molecular flexibility index (Phi) is 67.1. The van der Waals surface area contributed by atoms with E-state index >= 15 is 0 Å². The van der Waals surface area contributed by atoms with Crippen LogP contribution in [0.2, 0.25) is 0 Å². The van der Waals surface area contributed by atoms with Gasteiger partial charge < -0.3 is 33.8 Å². The summed E-state index contributed by atoms with van der Waals surface area (Å²) in [5.41, 5.74) is 0. The van der Waals surface area contributed by atoms with E-state index in [1.165, 1.54) is 205 Å². The first kappa shape index (κ1) is 95.1. The lowest BCUT2D eigenvalue weighted by molar-refractivity contribution is -0.161. The highest BCUT2D eigenvalue weighted by Gasteiger charge is 2.30. The van der Waals surface area contributed by atoms with Crippen molar-refractivity contribution in [3.8, 4) is 0 Å². The Morgan fingerprint density at radius 2 is 0.495 bits per heavy atom. The van der Waals surface area contributed by atoms with Gasteiger partial charge in [0.25, 0.3) is 0 Å². The molecule has 0 aromatic rings. The number of hydrogen-bond donors (Lipinski definition) is 3. The Bertz CT molecular complexity index is 1890. The fourth-order valence-corrected chi connectivity index (χ4v) is 13.4. The van der Waals surface area contributed by atoms with Crippen molar-refractivity contribution in [3.63, 3.8) is 0 Å². The Morgan fingerprint density at radius 1 is 0.289 bits per heavy atom. The van der Waals surface area contributed by atoms with E-state index < -0.39 is 97.5 Å². The van der Waals surface area contributed by atoms with Gasteiger partial charge in [-0.05, 0) is 43.4 Å². The van der Waals surface area contributed by atoms with Crippen molar-refractivity contribution in [1.82, 2.24) is 0 Å². The van der Waals surface area contributed by atoms with Crippen molar-refractivity contribution < 1.29 is 80.2 Å². The number of carbonyl (C=O) groups excluding carboxylic acids is 4. The van der Waals surface area contributed by atoms with E-state index in [2.05, 4.69) is 48.5 Å². The fourth-order valence-electron chi connectivity index (χ4n) is 11.9. The van der Waals surface area contributed by atoms with Gasteiger partial charge in [0.15, 0.2) is 12.2 Å². The molecule has 0 heterocycles. The largest absolute Gasteiger partial charge is 0.472 e. The van der Waals surface area contributed by atoms with Gasteiger partial charge >= 0.3 is 39.5 Å². The quantitative estimate of drug-likeness (QED) is 0.0222. The number of aliphatic hydroxyl groups excluding tert-OH is 1. The minimum absolute atomic E-state index is 0.104. The molecular weight excluding hydrogens is 1270 g/mol. The summed E-state index contributed by atoms with van der Waals surface area (Å²) in [5, 5.41) is 10.6. The summed E-state index contributed by atoms with van der Waals surface area (Å²) in [6.45, 7) is 11.9. The molecule has 0 aliphatic carbocycles. The molecule has 0 saturated heterocycles. The molecular formula is C78H152O17P2. The van der Waals surface area contributed by atoms with Crippen LogP contribution < -0.4 is 0 Å². The first-order valence-electron chi connectivity index (χ1n) is 40.5. The van der Waals surface area contributed by atoms with Gasteiger partial charge in [-0.3, -0.25) is 37.3 Å². The normalized spacial score (nSPS) is 14.9. The summed E-state index contributed by atoms with van der Waals surface area (Å²) < 4.78 is 68.3. The summed E-state index contributed by atoms with van der Waals surface area (Å²) in [4.78, 5) is 72.6. The second-order valence-electron chi connectivity index (χ2n) is 28.8. The van der Waals surface area contributed by atoms with Crippen LogP contribution in [0, 0.1) is 17.8 Å². The topological polar surface area (TPSA) is 237 Å². The molecule has 0 aromatic carbocycles. The third-order valence-corrected chi connectivity index (χ3v) is 21.1. The van der Waals surface area contributed by atoms with Gasteiger partial charge in [-0.2, -0.15) is 0 Å². The first-order chi connectivity index (χ1) is 46.8. The lowest BCUT2D eigenvalue weighted by atomic mass is 9.99. The SMILES string of the molecule is CCCCCCCC(=O)OC[C@H](COP(=O)(O)OC[C@H](O)COP(=O)(O)OC[C@@H](COC(=O)CCCCCCCCCCCCCCCCC(C)CC)OC(=O)CCCCCCCCCCCCCCCCCCCCC(C)CC)OC(=O)CCCCCCCCCCC(C)CC. The molecule has 0 fully saturated rings. The van der Waals surface area contributed by atoms with E-state index in [1.807, 2.05) is 0 Å². The summed E-state index contributed by atoms with van der Waals surface area (Å²) in [6, 6.07) is 0. The minimum atomic E-state index is -4.96. The average Bonchev–Trinajstić information content (AvgIpc) is 1.01. The second-order valence-corrected chi connectivity index (χ2v) is 31.7. The van der Waals surface area contributed by atoms with Crippen LogP contribution in [0.1, 0.15) is 402 Å². The predicted octanol–water partition coefficient (Wildman–Crippen LogP) is 23.0. The summed E-state index contributed by atoms with van der Waals surface area (Å²) in [7, 11) is -9.90. The highest BCUT2D eigenvalue weighted by Crippen LogP contribution is 2.45. The Labute approximate surface area is 594 Å². The van der Waals surface area contributed by atoms with E-state index in [1.54, 1.807) is 0 Å². The van der Waals surface area contributed by atoms with Crippen LogP contribution in [-0.2, 0) is 65.4 Å². The number of ether oxygens (including phenoxy) is 4.